The lowest BCUT2D eigenvalue weighted by atomic mass is 9.94. The highest BCUT2D eigenvalue weighted by molar-refractivity contribution is 7.09. The number of nitrogens with one attached hydrogen (secondary N) is 1. The van der Waals surface area contributed by atoms with Gasteiger partial charge in [-0.25, -0.2) is 4.98 Å². The molecule has 4 heteroatoms. The van der Waals surface area contributed by atoms with Crippen molar-refractivity contribution in [3.63, 3.8) is 0 Å². The van der Waals surface area contributed by atoms with Gasteiger partial charge in [-0.1, -0.05) is 12.8 Å². The van der Waals surface area contributed by atoms with Crippen LogP contribution >= 0.6 is 11.3 Å². The summed E-state index contributed by atoms with van der Waals surface area (Å²) in [6.07, 6.45) is 8.39. The van der Waals surface area contributed by atoms with Crippen LogP contribution in [-0.2, 0) is 4.74 Å². The number of hydrogen-bond donors (Lipinski definition) is 1. The molecule has 3 nitrogen and oxygen atoms in total. The first kappa shape index (κ1) is 14.0. The number of aromatic nitrogens is 1. The van der Waals surface area contributed by atoms with Crippen molar-refractivity contribution in [2.75, 3.05) is 19.8 Å². The highest BCUT2D eigenvalue weighted by Crippen LogP contribution is 2.20. The van der Waals surface area contributed by atoms with Crippen LogP contribution in [0.3, 0.4) is 0 Å². The van der Waals surface area contributed by atoms with E-state index < -0.39 is 0 Å². The maximum Gasteiger partial charge on any atom is 0.109 e. The summed E-state index contributed by atoms with van der Waals surface area (Å²) >= 11 is 1.73. The third-order valence-corrected chi connectivity index (χ3v) is 4.61. The van der Waals surface area contributed by atoms with Crippen LogP contribution in [0, 0.1) is 5.92 Å². The number of thiazole rings is 1. The monoisotopic (exact) mass is 268 g/mol. The lowest BCUT2D eigenvalue weighted by Crippen LogP contribution is -2.20. The summed E-state index contributed by atoms with van der Waals surface area (Å²) in [7, 11) is 0. The zero-order valence-electron chi connectivity index (χ0n) is 11.2. The average molecular weight is 268 g/mol. The Morgan fingerprint density at radius 3 is 3.00 bits per heavy atom. The molecule has 18 heavy (non-hydrogen) atoms. The predicted octanol–water partition coefficient (Wildman–Crippen LogP) is 3.39. The van der Waals surface area contributed by atoms with E-state index in [-0.39, 0.29) is 0 Å². The lowest BCUT2D eigenvalue weighted by molar-refractivity contribution is 0.0631. The smallest absolute Gasteiger partial charge is 0.109 e. The van der Waals surface area contributed by atoms with Gasteiger partial charge in [0.1, 0.15) is 5.01 Å². The molecule has 0 amide bonds. The van der Waals surface area contributed by atoms with Gasteiger partial charge in [-0.15, -0.1) is 11.3 Å². The van der Waals surface area contributed by atoms with Gasteiger partial charge in [-0.2, -0.15) is 0 Å². The Kier molecular flexibility index (Phi) is 6.11. The van der Waals surface area contributed by atoms with Gasteiger partial charge >= 0.3 is 0 Å². The van der Waals surface area contributed by atoms with E-state index in [2.05, 4.69) is 17.2 Å². The van der Waals surface area contributed by atoms with Gasteiger partial charge in [0.05, 0.1) is 6.04 Å². The number of ether oxygens (including phenoxy) is 1. The average Bonchev–Trinajstić information content (AvgIpc) is 2.93. The van der Waals surface area contributed by atoms with Crippen LogP contribution in [0.2, 0.25) is 0 Å². The van der Waals surface area contributed by atoms with E-state index in [9.17, 15) is 0 Å². The molecule has 1 unspecified atom stereocenters. The lowest BCUT2D eigenvalue weighted by Gasteiger charge is -2.21. The van der Waals surface area contributed by atoms with Crippen LogP contribution < -0.4 is 5.32 Å². The molecule has 1 aromatic heterocycles. The predicted molar refractivity (Wildman–Crippen MR) is 75.9 cm³/mol. The first-order valence-corrected chi connectivity index (χ1v) is 7.94. The summed E-state index contributed by atoms with van der Waals surface area (Å²) in [5, 5.41) is 6.78. The van der Waals surface area contributed by atoms with Crippen molar-refractivity contribution in [2.45, 2.75) is 45.1 Å². The van der Waals surface area contributed by atoms with E-state index in [0.29, 0.717) is 6.04 Å². The Morgan fingerprint density at radius 1 is 1.44 bits per heavy atom. The molecule has 0 aliphatic carbocycles. The minimum absolute atomic E-state index is 0.396. The van der Waals surface area contributed by atoms with Crippen molar-refractivity contribution < 1.29 is 4.74 Å². The van der Waals surface area contributed by atoms with Gasteiger partial charge in [-0.3, -0.25) is 0 Å². The Hall–Kier alpha value is -0.450. The van der Waals surface area contributed by atoms with Crippen LogP contribution in [0.25, 0.3) is 0 Å². The SMILES string of the molecule is CC(NCCCCC1CCOCC1)c1nccs1. The largest absolute Gasteiger partial charge is 0.381 e. The maximum absolute atomic E-state index is 5.38. The molecule has 1 aliphatic heterocycles. The molecule has 0 radical (unpaired) electrons. The standard InChI is InChI=1S/C14H24N2OS/c1-12(14-16-8-11-18-14)15-7-3-2-4-13-5-9-17-10-6-13/h8,11-13,15H,2-7,9-10H2,1H3. The molecule has 1 fully saturated rings. The van der Waals surface area contributed by atoms with Gasteiger partial charge in [0.25, 0.3) is 0 Å². The van der Waals surface area contributed by atoms with Crippen molar-refractivity contribution in [3.05, 3.63) is 16.6 Å². The summed E-state index contributed by atoms with van der Waals surface area (Å²) < 4.78 is 5.38. The molecule has 0 spiro atoms. The fraction of sp³-hybridized carbons (Fsp3) is 0.786. The van der Waals surface area contributed by atoms with E-state index in [1.54, 1.807) is 11.3 Å². The molecule has 0 bridgehead atoms. The highest BCUT2D eigenvalue weighted by atomic mass is 32.1. The molecule has 2 rings (SSSR count). The van der Waals surface area contributed by atoms with Crippen LogP contribution in [0.5, 0.6) is 0 Å². The highest BCUT2D eigenvalue weighted by Gasteiger charge is 2.13. The molecule has 2 heterocycles. The van der Waals surface area contributed by atoms with Gasteiger partial charge in [0.2, 0.25) is 0 Å². The minimum atomic E-state index is 0.396. The minimum Gasteiger partial charge on any atom is -0.381 e. The molecule has 1 aromatic rings. The summed E-state index contributed by atoms with van der Waals surface area (Å²) in [6, 6.07) is 0.396. The fourth-order valence-electron chi connectivity index (χ4n) is 2.45. The van der Waals surface area contributed by atoms with Crippen molar-refractivity contribution in [1.29, 1.82) is 0 Å². The molecule has 0 aromatic carbocycles. The van der Waals surface area contributed by atoms with Gasteiger partial charge in [0, 0.05) is 24.8 Å². The zero-order valence-corrected chi connectivity index (χ0v) is 12.0. The first-order chi connectivity index (χ1) is 8.86. The topological polar surface area (TPSA) is 34.1 Å². The third kappa shape index (κ3) is 4.67. The second-order valence-corrected chi connectivity index (χ2v) is 6.02. The van der Waals surface area contributed by atoms with Crippen LogP contribution in [0.15, 0.2) is 11.6 Å². The molecule has 1 saturated heterocycles. The Bertz CT molecular complexity index is 310. The second kappa shape index (κ2) is 7.87. The Morgan fingerprint density at radius 2 is 2.28 bits per heavy atom. The molecular weight excluding hydrogens is 244 g/mol. The van der Waals surface area contributed by atoms with Crippen LogP contribution in [0.4, 0.5) is 0 Å². The maximum atomic E-state index is 5.38. The van der Waals surface area contributed by atoms with Gasteiger partial charge in [-0.05, 0) is 38.6 Å². The van der Waals surface area contributed by atoms with Gasteiger partial charge in [0.15, 0.2) is 0 Å². The number of nitrogens with zero attached hydrogens (tertiary/aromatic N) is 1. The van der Waals surface area contributed by atoms with E-state index in [4.69, 9.17) is 4.74 Å². The van der Waals surface area contributed by atoms with Crippen molar-refractivity contribution >= 4 is 11.3 Å². The third-order valence-electron chi connectivity index (χ3n) is 3.65. The number of unbranched alkanes of at least 4 members (excludes halogenated alkanes) is 1. The summed E-state index contributed by atoms with van der Waals surface area (Å²) in [4.78, 5) is 4.33. The van der Waals surface area contributed by atoms with Gasteiger partial charge < -0.3 is 10.1 Å². The quantitative estimate of drug-likeness (QED) is 0.770. The normalized spacial score (nSPS) is 18.9. The molecular formula is C14H24N2OS. The van der Waals surface area contributed by atoms with E-state index >= 15 is 0 Å². The van der Waals surface area contributed by atoms with E-state index in [1.165, 1.54) is 37.1 Å². The van der Waals surface area contributed by atoms with Crippen LogP contribution in [0.1, 0.15) is 50.1 Å². The molecule has 1 atom stereocenters. The van der Waals surface area contributed by atoms with E-state index in [0.717, 1.165) is 25.7 Å². The summed E-state index contributed by atoms with van der Waals surface area (Å²) in [6.45, 7) is 5.25. The number of rotatable bonds is 7. The van der Waals surface area contributed by atoms with Crippen molar-refractivity contribution in [3.8, 4) is 0 Å². The van der Waals surface area contributed by atoms with E-state index in [1.807, 2.05) is 11.6 Å². The summed E-state index contributed by atoms with van der Waals surface area (Å²) in [5.41, 5.74) is 0. The summed E-state index contributed by atoms with van der Waals surface area (Å²) in [5.74, 6) is 0.912. The molecule has 1 aliphatic rings. The molecule has 1 N–H and O–H groups in total. The van der Waals surface area contributed by atoms with Crippen molar-refractivity contribution in [1.82, 2.24) is 10.3 Å². The first-order valence-electron chi connectivity index (χ1n) is 7.07. The Balaban J connectivity index is 1.50. The number of hydrogen-bond acceptors (Lipinski definition) is 4. The molecule has 102 valence electrons. The van der Waals surface area contributed by atoms with Crippen LogP contribution in [-0.4, -0.2) is 24.7 Å². The second-order valence-electron chi connectivity index (χ2n) is 5.10. The Labute approximate surface area is 114 Å². The molecule has 0 saturated carbocycles. The fourth-order valence-corrected chi connectivity index (χ4v) is 3.12. The zero-order chi connectivity index (χ0) is 12.6. The van der Waals surface area contributed by atoms with Crippen molar-refractivity contribution in [2.24, 2.45) is 5.92 Å².